The summed E-state index contributed by atoms with van der Waals surface area (Å²) in [6.07, 6.45) is 3.93. The van der Waals surface area contributed by atoms with E-state index >= 15 is 0 Å². The highest BCUT2D eigenvalue weighted by atomic mass is 14.8. The number of benzene rings is 2. The zero-order valence-electron chi connectivity index (χ0n) is 10.6. The minimum atomic E-state index is 0.845. The highest BCUT2D eigenvalue weighted by Gasteiger charge is 1.98. The van der Waals surface area contributed by atoms with Gasteiger partial charge in [-0.15, -0.1) is 5.92 Å². The normalized spacial score (nSPS) is 10.5. The Morgan fingerprint density at radius 3 is 2.83 bits per heavy atom. The van der Waals surface area contributed by atoms with Gasteiger partial charge in [0, 0.05) is 13.1 Å². The second kappa shape index (κ2) is 6.64. The van der Waals surface area contributed by atoms with E-state index in [1.54, 1.807) is 0 Å². The SMILES string of the molecule is CC#CC=CCNCc1cccc2ccccc12. The smallest absolute Gasteiger partial charge is 0.0214 e. The van der Waals surface area contributed by atoms with Crippen LogP contribution in [0.1, 0.15) is 12.5 Å². The third-order valence-electron chi connectivity index (χ3n) is 2.80. The van der Waals surface area contributed by atoms with Crippen LogP contribution >= 0.6 is 0 Å². The fourth-order valence-electron chi connectivity index (χ4n) is 1.94. The first kappa shape index (κ1) is 12.4. The summed E-state index contributed by atoms with van der Waals surface area (Å²) in [6, 6.07) is 14.9. The van der Waals surface area contributed by atoms with Crippen LogP contribution < -0.4 is 5.32 Å². The van der Waals surface area contributed by atoms with Crippen LogP contribution in [0.2, 0.25) is 0 Å². The Morgan fingerprint density at radius 1 is 1.11 bits per heavy atom. The fraction of sp³-hybridized carbons (Fsp3) is 0.176. The van der Waals surface area contributed by atoms with Gasteiger partial charge in [-0.2, -0.15) is 0 Å². The van der Waals surface area contributed by atoms with E-state index < -0.39 is 0 Å². The van der Waals surface area contributed by atoms with Crippen molar-refractivity contribution in [3.05, 3.63) is 60.2 Å². The van der Waals surface area contributed by atoms with E-state index in [2.05, 4.69) is 59.6 Å². The van der Waals surface area contributed by atoms with E-state index in [1.807, 2.05) is 19.1 Å². The second-order valence-corrected chi connectivity index (χ2v) is 4.07. The Morgan fingerprint density at radius 2 is 1.94 bits per heavy atom. The van der Waals surface area contributed by atoms with Gasteiger partial charge in [0.15, 0.2) is 0 Å². The van der Waals surface area contributed by atoms with Gasteiger partial charge in [-0.1, -0.05) is 54.5 Å². The summed E-state index contributed by atoms with van der Waals surface area (Å²) in [5.74, 6) is 5.74. The van der Waals surface area contributed by atoms with E-state index in [-0.39, 0.29) is 0 Å². The summed E-state index contributed by atoms with van der Waals surface area (Å²) >= 11 is 0. The predicted molar refractivity (Wildman–Crippen MR) is 78.2 cm³/mol. The van der Waals surface area contributed by atoms with Crippen LogP contribution in [-0.2, 0) is 6.54 Å². The van der Waals surface area contributed by atoms with Gasteiger partial charge in [0.1, 0.15) is 0 Å². The zero-order valence-corrected chi connectivity index (χ0v) is 10.6. The molecule has 0 amide bonds. The van der Waals surface area contributed by atoms with Crippen molar-refractivity contribution in [2.75, 3.05) is 6.54 Å². The van der Waals surface area contributed by atoms with Gasteiger partial charge in [-0.25, -0.2) is 0 Å². The van der Waals surface area contributed by atoms with Gasteiger partial charge in [0.25, 0.3) is 0 Å². The molecule has 18 heavy (non-hydrogen) atoms. The summed E-state index contributed by atoms with van der Waals surface area (Å²) < 4.78 is 0. The summed E-state index contributed by atoms with van der Waals surface area (Å²) in [4.78, 5) is 0. The van der Waals surface area contributed by atoms with Crippen molar-refractivity contribution in [3.63, 3.8) is 0 Å². The van der Waals surface area contributed by atoms with Crippen LogP contribution in [0.15, 0.2) is 54.6 Å². The van der Waals surface area contributed by atoms with Crippen LogP contribution in [0, 0.1) is 11.8 Å². The molecule has 1 nitrogen and oxygen atoms in total. The number of hydrogen-bond donors (Lipinski definition) is 1. The van der Waals surface area contributed by atoms with Crippen molar-refractivity contribution in [2.24, 2.45) is 0 Å². The largest absolute Gasteiger partial charge is 0.309 e. The third-order valence-corrected chi connectivity index (χ3v) is 2.80. The molecule has 0 spiro atoms. The summed E-state index contributed by atoms with van der Waals surface area (Å²) in [7, 11) is 0. The molecule has 1 N–H and O–H groups in total. The van der Waals surface area contributed by atoms with Crippen molar-refractivity contribution in [1.29, 1.82) is 0 Å². The summed E-state index contributed by atoms with van der Waals surface area (Å²) in [5.41, 5.74) is 1.34. The van der Waals surface area contributed by atoms with E-state index in [1.165, 1.54) is 16.3 Å². The molecule has 2 rings (SSSR count). The first-order valence-electron chi connectivity index (χ1n) is 6.16. The third kappa shape index (κ3) is 3.23. The molecule has 0 aliphatic carbocycles. The van der Waals surface area contributed by atoms with E-state index in [4.69, 9.17) is 0 Å². The average Bonchev–Trinajstić information content (AvgIpc) is 2.43. The lowest BCUT2D eigenvalue weighted by atomic mass is 10.0. The first-order valence-corrected chi connectivity index (χ1v) is 6.16. The Kier molecular flexibility index (Phi) is 4.58. The molecular formula is C17H17N. The minimum Gasteiger partial charge on any atom is -0.309 e. The van der Waals surface area contributed by atoms with E-state index in [0.29, 0.717) is 0 Å². The Labute approximate surface area is 109 Å². The number of nitrogens with one attached hydrogen (secondary N) is 1. The van der Waals surface area contributed by atoms with E-state index in [9.17, 15) is 0 Å². The minimum absolute atomic E-state index is 0.845. The standard InChI is InChI=1S/C17H17N/c1-2-3-4-7-13-18-14-16-11-8-10-15-9-5-6-12-17(15)16/h4-12,18H,13-14H2,1H3. The topological polar surface area (TPSA) is 12.0 Å². The van der Waals surface area contributed by atoms with Gasteiger partial charge in [0.2, 0.25) is 0 Å². The molecule has 0 aromatic heterocycles. The molecule has 0 saturated carbocycles. The molecule has 2 aromatic rings. The first-order chi connectivity index (χ1) is 8.92. The lowest BCUT2D eigenvalue weighted by Crippen LogP contribution is -2.12. The Hall–Kier alpha value is -2.04. The lowest BCUT2D eigenvalue weighted by Gasteiger charge is -2.06. The van der Waals surface area contributed by atoms with Gasteiger partial charge >= 0.3 is 0 Å². The quantitative estimate of drug-likeness (QED) is 0.631. The molecule has 0 radical (unpaired) electrons. The molecule has 1 heteroatoms. The molecule has 0 saturated heterocycles. The maximum absolute atomic E-state index is 3.40. The highest BCUT2D eigenvalue weighted by Crippen LogP contribution is 2.17. The number of allylic oxidation sites excluding steroid dienone is 1. The van der Waals surface area contributed by atoms with Crippen LogP contribution in [0.5, 0.6) is 0 Å². The molecule has 0 bridgehead atoms. The lowest BCUT2D eigenvalue weighted by molar-refractivity contribution is 0.764. The molecule has 90 valence electrons. The molecule has 0 fully saturated rings. The van der Waals surface area contributed by atoms with Crippen molar-refractivity contribution >= 4 is 10.8 Å². The van der Waals surface area contributed by atoms with Crippen molar-refractivity contribution in [3.8, 4) is 11.8 Å². The second-order valence-electron chi connectivity index (χ2n) is 4.07. The van der Waals surface area contributed by atoms with Crippen molar-refractivity contribution in [1.82, 2.24) is 5.32 Å². The Balaban J connectivity index is 2.01. The van der Waals surface area contributed by atoms with Gasteiger partial charge < -0.3 is 5.32 Å². The Bertz CT molecular complexity index is 594. The number of rotatable bonds is 4. The van der Waals surface area contributed by atoms with Gasteiger partial charge in [0.05, 0.1) is 0 Å². The molecule has 0 atom stereocenters. The highest BCUT2D eigenvalue weighted by molar-refractivity contribution is 5.85. The molecule has 0 aliphatic heterocycles. The summed E-state index contributed by atoms with van der Waals surface area (Å²) in [5, 5.41) is 6.02. The van der Waals surface area contributed by atoms with Gasteiger partial charge in [-0.3, -0.25) is 0 Å². The predicted octanol–water partition coefficient (Wildman–Crippen LogP) is 3.51. The summed E-state index contributed by atoms with van der Waals surface area (Å²) in [6.45, 7) is 3.57. The maximum Gasteiger partial charge on any atom is 0.0214 e. The molecule has 0 aliphatic rings. The maximum atomic E-state index is 3.40. The molecule has 2 aromatic carbocycles. The zero-order chi connectivity index (χ0) is 12.6. The van der Waals surface area contributed by atoms with Crippen LogP contribution in [0.3, 0.4) is 0 Å². The molecule has 0 heterocycles. The van der Waals surface area contributed by atoms with Crippen molar-refractivity contribution in [2.45, 2.75) is 13.5 Å². The molecule has 0 unspecified atom stereocenters. The van der Waals surface area contributed by atoms with Crippen LogP contribution in [0.25, 0.3) is 10.8 Å². The monoisotopic (exact) mass is 235 g/mol. The van der Waals surface area contributed by atoms with E-state index in [0.717, 1.165) is 13.1 Å². The van der Waals surface area contributed by atoms with Gasteiger partial charge in [-0.05, 0) is 29.3 Å². The van der Waals surface area contributed by atoms with Crippen molar-refractivity contribution < 1.29 is 0 Å². The molecular weight excluding hydrogens is 218 g/mol. The average molecular weight is 235 g/mol. The van der Waals surface area contributed by atoms with Crippen LogP contribution in [-0.4, -0.2) is 6.54 Å². The fourth-order valence-corrected chi connectivity index (χ4v) is 1.94. The van der Waals surface area contributed by atoms with Crippen LogP contribution in [0.4, 0.5) is 0 Å². The number of fused-ring (bicyclic) bond motifs is 1. The number of hydrogen-bond acceptors (Lipinski definition) is 1.